The van der Waals surface area contributed by atoms with Crippen molar-refractivity contribution in [1.82, 2.24) is 0 Å². The molecular formula is C5H12OSi. The van der Waals surface area contributed by atoms with Crippen LogP contribution in [0.2, 0.25) is 18.6 Å². The smallest absolute Gasteiger partial charge is 0.185 e. The summed E-state index contributed by atoms with van der Waals surface area (Å²) in [5.41, 5.74) is 0.743. The lowest BCUT2D eigenvalue weighted by atomic mass is 11.0. The van der Waals surface area contributed by atoms with Gasteiger partial charge in [0.05, 0.1) is 0 Å². The summed E-state index contributed by atoms with van der Waals surface area (Å²) in [6.07, 6.45) is 2.57. The molecule has 0 aliphatic heterocycles. The van der Waals surface area contributed by atoms with Crippen LogP contribution in [0.4, 0.5) is 0 Å². The molecule has 0 heterocycles. The van der Waals surface area contributed by atoms with Gasteiger partial charge in [-0.05, 0) is 18.6 Å². The molecule has 42 valence electrons. The highest BCUT2D eigenvalue weighted by Crippen LogP contribution is 2.43. The molecule has 0 atom stereocenters. The molecule has 0 radical (unpaired) electrons. The van der Waals surface area contributed by atoms with Gasteiger partial charge in [-0.2, -0.15) is 0 Å². The van der Waals surface area contributed by atoms with E-state index in [1.165, 1.54) is 12.8 Å². The Bertz CT molecular complexity index is 70.6. The van der Waals surface area contributed by atoms with Gasteiger partial charge in [-0.1, -0.05) is 12.8 Å². The molecule has 1 N–H and O–H groups in total. The van der Waals surface area contributed by atoms with Gasteiger partial charge in [0.1, 0.15) is 0 Å². The van der Waals surface area contributed by atoms with E-state index in [4.69, 9.17) is 0 Å². The van der Waals surface area contributed by atoms with Crippen molar-refractivity contribution in [3.8, 4) is 0 Å². The molecule has 0 spiro atoms. The van der Waals surface area contributed by atoms with Crippen molar-refractivity contribution in [2.75, 3.05) is 0 Å². The second-order valence-corrected chi connectivity index (χ2v) is 7.05. The van der Waals surface area contributed by atoms with Crippen LogP contribution in [0.15, 0.2) is 0 Å². The third kappa shape index (κ3) is 1.28. The van der Waals surface area contributed by atoms with E-state index >= 15 is 0 Å². The van der Waals surface area contributed by atoms with Crippen molar-refractivity contribution in [1.29, 1.82) is 0 Å². The molecule has 0 bridgehead atoms. The minimum Gasteiger partial charge on any atom is -0.432 e. The van der Waals surface area contributed by atoms with Crippen molar-refractivity contribution in [2.45, 2.75) is 31.5 Å². The van der Waals surface area contributed by atoms with Gasteiger partial charge in [0.2, 0.25) is 0 Å². The monoisotopic (exact) mass is 116 g/mol. The van der Waals surface area contributed by atoms with Crippen LogP contribution in [0.1, 0.15) is 12.8 Å². The van der Waals surface area contributed by atoms with Crippen LogP contribution in [0.3, 0.4) is 0 Å². The first-order chi connectivity index (χ1) is 3.11. The molecule has 2 heteroatoms. The molecule has 0 unspecified atom stereocenters. The number of rotatable bonds is 1. The topological polar surface area (TPSA) is 20.2 Å². The second-order valence-electron chi connectivity index (χ2n) is 2.93. The van der Waals surface area contributed by atoms with Crippen LogP contribution in [0.25, 0.3) is 0 Å². The lowest BCUT2D eigenvalue weighted by molar-refractivity contribution is 0.546. The van der Waals surface area contributed by atoms with Crippen molar-refractivity contribution in [2.24, 2.45) is 0 Å². The highest BCUT2D eigenvalue weighted by Gasteiger charge is 2.38. The average Bonchev–Trinajstić information content (AvgIpc) is 1.99. The minimum absolute atomic E-state index is 0.743. The molecular weight excluding hydrogens is 104 g/mol. The Hall–Kier alpha value is 0.177. The molecule has 0 aromatic carbocycles. The second kappa shape index (κ2) is 1.33. The molecule has 1 rings (SSSR count). The standard InChI is InChI=1S/C5H12OSi/c1-7(2,6)5-3-4-5/h5-6H,3-4H2,1-2H3. The van der Waals surface area contributed by atoms with E-state index in [-0.39, 0.29) is 0 Å². The van der Waals surface area contributed by atoms with Gasteiger partial charge in [-0.25, -0.2) is 0 Å². The van der Waals surface area contributed by atoms with E-state index < -0.39 is 8.32 Å². The summed E-state index contributed by atoms with van der Waals surface area (Å²) in [4.78, 5) is 9.30. The largest absolute Gasteiger partial charge is 0.432 e. The summed E-state index contributed by atoms with van der Waals surface area (Å²) < 4.78 is 0. The Morgan fingerprint density at radius 2 is 1.86 bits per heavy atom. The van der Waals surface area contributed by atoms with E-state index in [1.54, 1.807) is 0 Å². The van der Waals surface area contributed by atoms with Gasteiger partial charge in [-0.3, -0.25) is 0 Å². The summed E-state index contributed by atoms with van der Waals surface area (Å²) in [5, 5.41) is 0. The van der Waals surface area contributed by atoms with Crippen molar-refractivity contribution < 1.29 is 4.80 Å². The van der Waals surface area contributed by atoms with Gasteiger partial charge in [-0.15, -0.1) is 0 Å². The Balaban J connectivity index is 2.36. The predicted octanol–water partition coefficient (Wildman–Crippen LogP) is 1.35. The minimum atomic E-state index is -1.62. The highest BCUT2D eigenvalue weighted by molar-refractivity contribution is 6.72. The van der Waals surface area contributed by atoms with Crippen molar-refractivity contribution >= 4 is 8.32 Å². The predicted molar refractivity (Wildman–Crippen MR) is 32.7 cm³/mol. The molecule has 7 heavy (non-hydrogen) atoms. The lowest BCUT2D eigenvalue weighted by Gasteiger charge is -2.10. The Morgan fingerprint density at radius 1 is 1.43 bits per heavy atom. The molecule has 1 saturated carbocycles. The molecule has 0 aromatic rings. The fraction of sp³-hybridized carbons (Fsp3) is 1.00. The Labute approximate surface area is 45.5 Å². The van der Waals surface area contributed by atoms with Gasteiger partial charge >= 0.3 is 0 Å². The summed E-state index contributed by atoms with van der Waals surface area (Å²) in [7, 11) is -1.62. The van der Waals surface area contributed by atoms with Crippen LogP contribution < -0.4 is 0 Å². The quantitative estimate of drug-likeness (QED) is 0.513. The van der Waals surface area contributed by atoms with Gasteiger partial charge in [0, 0.05) is 0 Å². The maximum absolute atomic E-state index is 9.30. The maximum atomic E-state index is 9.30. The van der Waals surface area contributed by atoms with Crippen LogP contribution >= 0.6 is 0 Å². The fourth-order valence-corrected chi connectivity index (χ4v) is 2.37. The fourth-order valence-electron chi connectivity index (χ4n) is 0.790. The molecule has 1 aliphatic rings. The van der Waals surface area contributed by atoms with Gasteiger partial charge < -0.3 is 4.80 Å². The van der Waals surface area contributed by atoms with E-state index in [2.05, 4.69) is 0 Å². The third-order valence-electron chi connectivity index (χ3n) is 1.58. The molecule has 1 nitrogen and oxygen atoms in total. The van der Waals surface area contributed by atoms with Crippen LogP contribution in [0, 0.1) is 0 Å². The zero-order chi connectivity index (χ0) is 5.49. The zero-order valence-corrected chi connectivity index (χ0v) is 5.94. The maximum Gasteiger partial charge on any atom is 0.185 e. The highest BCUT2D eigenvalue weighted by atomic mass is 28.4. The first-order valence-electron chi connectivity index (χ1n) is 2.83. The number of hydrogen-bond donors (Lipinski definition) is 1. The van der Waals surface area contributed by atoms with E-state index in [0.29, 0.717) is 0 Å². The zero-order valence-electron chi connectivity index (χ0n) is 4.94. The molecule has 0 aromatic heterocycles. The van der Waals surface area contributed by atoms with E-state index in [1.807, 2.05) is 13.1 Å². The first kappa shape index (κ1) is 5.32. The van der Waals surface area contributed by atoms with Gasteiger partial charge in [0.15, 0.2) is 8.32 Å². The lowest BCUT2D eigenvalue weighted by Crippen LogP contribution is -2.24. The Morgan fingerprint density at radius 3 is 1.86 bits per heavy atom. The summed E-state index contributed by atoms with van der Waals surface area (Å²) >= 11 is 0. The SMILES string of the molecule is C[Si](C)(O)C1CC1. The molecule has 0 saturated heterocycles. The van der Waals surface area contributed by atoms with Crippen LogP contribution in [0.5, 0.6) is 0 Å². The van der Waals surface area contributed by atoms with E-state index in [9.17, 15) is 4.80 Å². The van der Waals surface area contributed by atoms with Crippen LogP contribution in [-0.2, 0) is 0 Å². The summed E-state index contributed by atoms with van der Waals surface area (Å²) in [6.45, 7) is 4.04. The Kier molecular flexibility index (Phi) is 1.01. The molecule has 1 fully saturated rings. The molecule has 1 aliphatic carbocycles. The van der Waals surface area contributed by atoms with Gasteiger partial charge in [0.25, 0.3) is 0 Å². The number of hydrogen-bond acceptors (Lipinski definition) is 1. The van der Waals surface area contributed by atoms with E-state index in [0.717, 1.165) is 5.54 Å². The van der Waals surface area contributed by atoms with Crippen LogP contribution in [-0.4, -0.2) is 13.1 Å². The van der Waals surface area contributed by atoms with Crippen molar-refractivity contribution in [3.05, 3.63) is 0 Å². The summed E-state index contributed by atoms with van der Waals surface area (Å²) in [6, 6.07) is 0. The normalized spacial score (nSPS) is 22.7. The third-order valence-corrected chi connectivity index (χ3v) is 4.15. The first-order valence-corrected chi connectivity index (χ1v) is 5.85. The molecule has 0 amide bonds. The average molecular weight is 116 g/mol. The summed E-state index contributed by atoms with van der Waals surface area (Å²) in [5.74, 6) is 0. The van der Waals surface area contributed by atoms with Crippen molar-refractivity contribution in [3.63, 3.8) is 0 Å².